The number of rotatable bonds is 5. The molecule has 1 aliphatic rings. The Morgan fingerprint density at radius 1 is 1.05 bits per heavy atom. The highest BCUT2D eigenvalue weighted by molar-refractivity contribution is 6.30. The fourth-order valence-corrected chi connectivity index (χ4v) is 5.07. The maximum absolute atomic E-state index is 12.9. The van der Waals surface area contributed by atoms with Gasteiger partial charge in [0.2, 0.25) is 0 Å². The normalized spacial score (nSPS) is 14.8. The molecular formula is C28H26ClF3N4O. The minimum atomic E-state index is -4.31. The summed E-state index contributed by atoms with van der Waals surface area (Å²) in [5, 5.41) is 3.53. The molecule has 0 saturated carbocycles. The summed E-state index contributed by atoms with van der Waals surface area (Å²) in [4.78, 5) is 19.6. The summed E-state index contributed by atoms with van der Waals surface area (Å²) >= 11 is 6.03. The lowest BCUT2D eigenvalue weighted by molar-refractivity contribution is -0.137. The van der Waals surface area contributed by atoms with Crippen molar-refractivity contribution in [2.75, 3.05) is 18.0 Å². The van der Waals surface area contributed by atoms with Crippen molar-refractivity contribution in [3.63, 3.8) is 0 Å². The second-order valence-electron chi connectivity index (χ2n) is 9.35. The van der Waals surface area contributed by atoms with E-state index in [9.17, 15) is 18.0 Å². The molecule has 5 nitrogen and oxygen atoms in total. The van der Waals surface area contributed by atoms with Crippen LogP contribution in [0.4, 0.5) is 18.9 Å². The van der Waals surface area contributed by atoms with Crippen LogP contribution in [0.2, 0.25) is 5.02 Å². The van der Waals surface area contributed by atoms with Crippen molar-refractivity contribution in [2.45, 2.75) is 38.4 Å². The smallest absolute Gasteiger partial charge is 0.371 e. The summed E-state index contributed by atoms with van der Waals surface area (Å²) in [6.45, 7) is 3.85. The molecule has 0 atom stereocenters. The fourth-order valence-electron chi connectivity index (χ4n) is 4.92. The first-order valence-corrected chi connectivity index (χ1v) is 12.5. The Labute approximate surface area is 217 Å². The highest BCUT2D eigenvalue weighted by atomic mass is 35.5. The van der Waals surface area contributed by atoms with E-state index in [0.29, 0.717) is 28.6 Å². The number of benzene rings is 2. The number of pyridine rings is 1. The molecule has 1 amide bonds. The molecule has 1 saturated heterocycles. The Balaban J connectivity index is 1.16. The van der Waals surface area contributed by atoms with Gasteiger partial charge in [-0.2, -0.15) is 13.2 Å². The SMILES string of the molecule is Cc1nc2cc(Cl)ccn2c1C(=O)NCc1ccc(N2CCC(c3ccc(C(F)(F)F)cc3)CC2)cc1. The van der Waals surface area contributed by atoms with Crippen molar-refractivity contribution in [1.29, 1.82) is 0 Å². The fraction of sp³-hybridized carbons (Fsp3) is 0.286. The molecule has 0 unspecified atom stereocenters. The average molecular weight is 527 g/mol. The van der Waals surface area contributed by atoms with E-state index in [1.54, 1.807) is 41.8 Å². The van der Waals surface area contributed by atoms with Crippen molar-refractivity contribution in [3.05, 3.63) is 100.0 Å². The lowest BCUT2D eigenvalue weighted by Gasteiger charge is -2.34. The summed E-state index contributed by atoms with van der Waals surface area (Å²) in [5.74, 6) is 0.0499. The van der Waals surface area contributed by atoms with Gasteiger partial charge in [0.15, 0.2) is 0 Å². The van der Waals surface area contributed by atoms with Crippen LogP contribution in [0, 0.1) is 6.92 Å². The van der Waals surface area contributed by atoms with Crippen LogP contribution in [-0.2, 0) is 12.7 Å². The predicted octanol–water partition coefficient (Wildman–Crippen LogP) is 6.63. The number of carbonyl (C=O) groups excluding carboxylic acids is 1. The van der Waals surface area contributed by atoms with E-state index < -0.39 is 11.7 Å². The number of aromatic nitrogens is 2. The first kappa shape index (κ1) is 25.1. The van der Waals surface area contributed by atoms with E-state index in [4.69, 9.17) is 11.6 Å². The van der Waals surface area contributed by atoms with E-state index >= 15 is 0 Å². The van der Waals surface area contributed by atoms with Gasteiger partial charge in [0.25, 0.3) is 5.91 Å². The van der Waals surface area contributed by atoms with Gasteiger partial charge >= 0.3 is 6.18 Å². The zero-order valence-corrected chi connectivity index (χ0v) is 21.0. The molecule has 0 radical (unpaired) electrons. The summed E-state index contributed by atoms with van der Waals surface area (Å²) < 4.78 is 40.2. The number of hydrogen-bond donors (Lipinski definition) is 1. The molecule has 5 rings (SSSR count). The minimum absolute atomic E-state index is 0.207. The van der Waals surface area contributed by atoms with Gasteiger partial charge in [0.1, 0.15) is 11.3 Å². The molecule has 2 aromatic carbocycles. The molecule has 192 valence electrons. The van der Waals surface area contributed by atoms with Gasteiger partial charge in [-0.1, -0.05) is 35.9 Å². The molecular weight excluding hydrogens is 501 g/mol. The standard InChI is InChI=1S/C28H26ClF3N4O/c1-18-26(36-15-12-23(29)16-25(36)34-18)27(37)33-17-19-2-8-24(9-3-19)35-13-10-21(11-14-35)20-4-6-22(7-5-20)28(30,31)32/h2-9,12,15-16,21H,10-11,13-14,17H2,1H3,(H,33,37). The number of alkyl halides is 3. The van der Waals surface area contributed by atoms with Crippen molar-refractivity contribution >= 4 is 28.8 Å². The molecule has 4 aromatic rings. The summed E-state index contributed by atoms with van der Waals surface area (Å²) in [5.41, 5.74) is 4.17. The first-order valence-electron chi connectivity index (χ1n) is 12.1. The second kappa shape index (κ2) is 10.1. The van der Waals surface area contributed by atoms with Gasteiger partial charge in [-0.05, 0) is 67.1 Å². The number of hydrogen-bond acceptors (Lipinski definition) is 3. The zero-order chi connectivity index (χ0) is 26.2. The van der Waals surface area contributed by atoms with Gasteiger partial charge in [-0.25, -0.2) is 4.98 Å². The van der Waals surface area contributed by atoms with Gasteiger partial charge in [0, 0.05) is 42.6 Å². The molecule has 9 heteroatoms. The van der Waals surface area contributed by atoms with Crippen LogP contribution in [-0.4, -0.2) is 28.4 Å². The second-order valence-corrected chi connectivity index (χ2v) is 9.79. The van der Waals surface area contributed by atoms with Gasteiger partial charge in [-0.3, -0.25) is 9.20 Å². The predicted molar refractivity (Wildman–Crippen MR) is 138 cm³/mol. The van der Waals surface area contributed by atoms with Gasteiger partial charge in [0.05, 0.1) is 11.3 Å². The topological polar surface area (TPSA) is 49.6 Å². The third-order valence-electron chi connectivity index (χ3n) is 6.94. The quantitative estimate of drug-likeness (QED) is 0.317. The number of aryl methyl sites for hydroxylation is 1. The lowest BCUT2D eigenvalue weighted by Crippen LogP contribution is -2.32. The highest BCUT2D eigenvalue weighted by Crippen LogP contribution is 2.34. The monoisotopic (exact) mass is 526 g/mol. The molecule has 0 aliphatic carbocycles. The molecule has 37 heavy (non-hydrogen) atoms. The maximum Gasteiger partial charge on any atom is 0.416 e. The summed E-state index contributed by atoms with van der Waals surface area (Å²) in [6.07, 6.45) is -0.805. The van der Waals surface area contributed by atoms with Crippen LogP contribution in [0.15, 0.2) is 66.9 Å². The number of anilines is 1. The maximum atomic E-state index is 12.9. The zero-order valence-electron chi connectivity index (χ0n) is 20.2. The molecule has 1 fully saturated rings. The van der Waals surface area contributed by atoms with E-state index in [1.165, 1.54) is 12.1 Å². The van der Waals surface area contributed by atoms with Crippen LogP contribution >= 0.6 is 11.6 Å². The first-order chi connectivity index (χ1) is 17.7. The Hall–Kier alpha value is -3.52. The number of nitrogens with zero attached hydrogens (tertiary/aromatic N) is 3. The molecule has 0 bridgehead atoms. The van der Waals surface area contributed by atoms with E-state index in [2.05, 4.69) is 15.2 Å². The third kappa shape index (κ3) is 5.44. The minimum Gasteiger partial charge on any atom is -0.371 e. The lowest BCUT2D eigenvalue weighted by atomic mass is 9.88. The van der Waals surface area contributed by atoms with Crippen molar-refractivity contribution in [1.82, 2.24) is 14.7 Å². The van der Waals surface area contributed by atoms with Crippen LogP contribution in [0.5, 0.6) is 0 Å². The van der Waals surface area contributed by atoms with Crippen LogP contribution < -0.4 is 10.2 Å². The summed E-state index contributed by atoms with van der Waals surface area (Å²) in [7, 11) is 0. The van der Waals surface area contributed by atoms with E-state index in [0.717, 1.165) is 42.7 Å². The number of amides is 1. The average Bonchev–Trinajstić information content (AvgIpc) is 3.22. The number of fused-ring (bicyclic) bond motifs is 1. The van der Waals surface area contributed by atoms with Crippen molar-refractivity contribution < 1.29 is 18.0 Å². The van der Waals surface area contributed by atoms with Crippen LogP contribution in [0.1, 0.15) is 51.6 Å². The van der Waals surface area contributed by atoms with Crippen molar-refractivity contribution in [3.8, 4) is 0 Å². The van der Waals surface area contributed by atoms with E-state index in [-0.39, 0.29) is 11.8 Å². The summed E-state index contributed by atoms with van der Waals surface area (Å²) in [6, 6.07) is 17.1. The number of halogens is 4. The van der Waals surface area contributed by atoms with E-state index in [1.807, 2.05) is 24.3 Å². The highest BCUT2D eigenvalue weighted by Gasteiger charge is 2.30. The largest absolute Gasteiger partial charge is 0.416 e. The third-order valence-corrected chi connectivity index (χ3v) is 7.17. The Morgan fingerprint density at radius 3 is 2.38 bits per heavy atom. The van der Waals surface area contributed by atoms with Crippen molar-refractivity contribution in [2.24, 2.45) is 0 Å². The van der Waals surface area contributed by atoms with Crippen LogP contribution in [0.25, 0.3) is 5.65 Å². The molecule has 3 heterocycles. The number of piperidine rings is 1. The van der Waals surface area contributed by atoms with Gasteiger partial charge in [-0.15, -0.1) is 0 Å². The number of carbonyl (C=O) groups is 1. The number of imidazole rings is 1. The molecule has 1 aliphatic heterocycles. The molecule has 1 N–H and O–H groups in total. The molecule has 0 spiro atoms. The Kier molecular flexibility index (Phi) is 6.86. The Morgan fingerprint density at radius 2 is 1.73 bits per heavy atom. The van der Waals surface area contributed by atoms with Gasteiger partial charge < -0.3 is 10.2 Å². The molecule has 2 aromatic heterocycles. The van der Waals surface area contributed by atoms with Crippen LogP contribution in [0.3, 0.4) is 0 Å². The number of nitrogens with one attached hydrogen (secondary N) is 1. The Bertz CT molecular complexity index is 1410.